The molecule has 1 rings (SSSR count). The van der Waals surface area contributed by atoms with Gasteiger partial charge < -0.3 is 4.74 Å². The largest absolute Gasteiger partial charge is 0.461 e. The number of carbonyl (C=O) groups is 1. The van der Waals surface area contributed by atoms with E-state index >= 15 is 0 Å². The van der Waals surface area contributed by atoms with E-state index in [0.717, 1.165) is 0 Å². The van der Waals surface area contributed by atoms with E-state index in [1.165, 1.54) is 0 Å². The van der Waals surface area contributed by atoms with E-state index in [1.54, 1.807) is 6.92 Å². The fraction of sp³-hybridized carbons (Fsp3) is 0.600. The summed E-state index contributed by atoms with van der Waals surface area (Å²) in [6, 6.07) is -1.71. The first-order valence-corrected chi connectivity index (χ1v) is 3.70. The highest BCUT2D eigenvalue weighted by Crippen LogP contribution is 2.11. The van der Waals surface area contributed by atoms with Crippen molar-refractivity contribution in [1.29, 1.82) is 0 Å². The normalized spacial score (nSPS) is 12.1. The van der Waals surface area contributed by atoms with Crippen LogP contribution in [0.15, 0.2) is 0 Å². The Kier molecular flexibility index (Phi) is 3.05. The molecule has 1 unspecified atom stereocenters. The van der Waals surface area contributed by atoms with Gasteiger partial charge in [0.05, 0.1) is 6.61 Å². The number of tetrazole rings is 1. The molecule has 1 N–H and O–H groups in total. The third-order valence-electron chi connectivity index (χ3n) is 1.33. The number of nitrogens with one attached hydrogen (secondary N) is 1. The van der Waals surface area contributed by atoms with Gasteiger partial charge in [0.2, 0.25) is 0 Å². The smallest absolute Gasteiger partial charge is 0.390 e. The maximum Gasteiger partial charge on any atom is 0.390 e. The molecule has 0 aromatic carbocycles. The molecule has 0 bridgehead atoms. The van der Waals surface area contributed by atoms with E-state index in [0.29, 0.717) is 0 Å². The molecule has 76 valence electrons. The van der Waals surface area contributed by atoms with Gasteiger partial charge in [0.25, 0.3) is 5.82 Å². The van der Waals surface area contributed by atoms with E-state index in [9.17, 15) is 14.9 Å². The first kappa shape index (κ1) is 10.0. The Morgan fingerprint density at radius 3 is 2.93 bits per heavy atom. The zero-order chi connectivity index (χ0) is 10.6. The number of H-pyrrole nitrogens is 1. The fourth-order valence-corrected chi connectivity index (χ4v) is 0.792. The number of hydrogen-bond acceptors (Lipinski definition) is 7. The molecule has 9 heteroatoms. The van der Waals surface area contributed by atoms with Crippen molar-refractivity contribution >= 4 is 5.97 Å². The van der Waals surface area contributed by atoms with Crippen LogP contribution in [0.4, 0.5) is 0 Å². The minimum absolute atomic E-state index is 0.0566. The molecule has 1 heterocycles. The summed E-state index contributed by atoms with van der Waals surface area (Å²) < 4.78 is 4.49. The zero-order valence-corrected chi connectivity index (χ0v) is 7.21. The molecular weight excluding hydrogens is 194 g/mol. The second kappa shape index (κ2) is 4.25. The summed E-state index contributed by atoms with van der Waals surface area (Å²) >= 11 is 0. The Bertz CT molecular complexity index is 323. The van der Waals surface area contributed by atoms with Crippen molar-refractivity contribution in [1.82, 2.24) is 20.6 Å². The monoisotopic (exact) mass is 201 g/mol. The molecule has 0 aliphatic heterocycles. The molecule has 0 saturated carbocycles. The van der Waals surface area contributed by atoms with E-state index < -0.39 is 16.9 Å². The summed E-state index contributed by atoms with van der Waals surface area (Å²) in [5.41, 5.74) is 0. The van der Waals surface area contributed by atoms with Gasteiger partial charge in [-0.1, -0.05) is 0 Å². The average Bonchev–Trinajstić information content (AvgIpc) is 2.57. The summed E-state index contributed by atoms with van der Waals surface area (Å²) in [7, 11) is 0. The average molecular weight is 201 g/mol. The van der Waals surface area contributed by atoms with Crippen LogP contribution in [0.1, 0.15) is 18.8 Å². The molecule has 0 aliphatic carbocycles. The summed E-state index contributed by atoms with van der Waals surface area (Å²) in [4.78, 5) is 20.8. The Labute approximate surface area is 77.6 Å². The van der Waals surface area contributed by atoms with Gasteiger partial charge in [0.15, 0.2) is 0 Å². The topological polar surface area (TPSA) is 124 Å². The van der Waals surface area contributed by atoms with Crippen molar-refractivity contribution in [2.24, 2.45) is 0 Å². The van der Waals surface area contributed by atoms with Crippen LogP contribution >= 0.6 is 0 Å². The quantitative estimate of drug-likeness (QED) is 0.379. The lowest BCUT2D eigenvalue weighted by atomic mass is 10.3. The van der Waals surface area contributed by atoms with Crippen molar-refractivity contribution in [2.75, 3.05) is 6.61 Å². The Morgan fingerprint density at radius 1 is 1.79 bits per heavy atom. The molecule has 0 fully saturated rings. The van der Waals surface area contributed by atoms with E-state index in [1.807, 2.05) is 5.21 Å². The van der Waals surface area contributed by atoms with Gasteiger partial charge in [-0.15, -0.1) is 10.2 Å². The summed E-state index contributed by atoms with van der Waals surface area (Å²) in [5, 5.41) is 22.3. The van der Waals surface area contributed by atoms with Gasteiger partial charge in [0, 0.05) is 4.92 Å². The van der Waals surface area contributed by atoms with Crippen molar-refractivity contribution in [3.63, 3.8) is 0 Å². The minimum atomic E-state index is -1.71. The molecular formula is C5H7N5O4. The number of hydrogen-bond donors (Lipinski definition) is 1. The van der Waals surface area contributed by atoms with E-state index in [-0.39, 0.29) is 12.4 Å². The number of nitro groups is 1. The lowest BCUT2D eigenvalue weighted by Crippen LogP contribution is -2.24. The third-order valence-corrected chi connectivity index (χ3v) is 1.33. The number of rotatable bonds is 4. The third kappa shape index (κ3) is 2.00. The maximum absolute atomic E-state index is 11.1. The Morgan fingerprint density at radius 2 is 2.50 bits per heavy atom. The van der Waals surface area contributed by atoms with Gasteiger partial charge in [-0.25, -0.2) is 4.79 Å². The predicted octanol–water partition coefficient (Wildman–Crippen LogP) is -0.919. The number of esters is 1. The highest BCUT2D eigenvalue weighted by molar-refractivity contribution is 5.74. The van der Waals surface area contributed by atoms with Crippen LogP contribution in [0.5, 0.6) is 0 Å². The molecule has 0 amide bonds. The summed E-state index contributed by atoms with van der Waals surface area (Å²) in [6.45, 7) is 1.60. The summed E-state index contributed by atoms with van der Waals surface area (Å²) in [6.07, 6.45) is 0. The van der Waals surface area contributed by atoms with E-state index in [2.05, 4.69) is 20.1 Å². The molecule has 0 saturated heterocycles. The second-order valence-corrected chi connectivity index (χ2v) is 2.21. The molecule has 14 heavy (non-hydrogen) atoms. The molecule has 0 radical (unpaired) electrons. The number of aromatic amines is 1. The predicted molar refractivity (Wildman–Crippen MR) is 40.5 cm³/mol. The molecule has 1 aromatic heterocycles. The van der Waals surface area contributed by atoms with Crippen LogP contribution in [0.3, 0.4) is 0 Å². The first-order chi connectivity index (χ1) is 6.66. The van der Waals surface area contributed by atoms with Crippen LogP contribution in [-0.2, 0) is 9.53 Å². The SMILES string of the molecule is CCOC(=O)C(c1nn[nH]n1)[N+](=O)[O-]. The van der Waals surface area contributed by atoms with Gasteiger partial charge in [0.1, 0.15) is 0 Å². The molecule has 0 aliphatic rings. The minimum Gasteiger partial charge on any atom is -0.461 e. The summed E-state index contributed by atoms with van der Waals surface area (Å²) in [5.74, 6) is -1.31. The van der Waals surface area contributed by atoms with Gasteiger partial charge in [-0.05, 0) is 12.1 Å². The van der Waals surface area contributed by atoms with Gasteiger partial charge in [-0.3, -0.25) is 10.1 Å². The number of nitrogens with zero attached hydrogens (tertiary/aromatic N) is 4. The van der Waals surface area contributed by atoms with Gasteiger partial charge >= 0.3 is 12.0 Å². The zero-order valence-electron chi connectivity index (χ0n) is 7.21. The highest BCUT2D eigenvalue weighted by atomic mass is 16.6. The van der Waals surface area contributed by atoms with Crippen LogP contribution in [0, 0.1) is 10.1 Å². The molecule has 1 aromatic rings. The van der Waals surface area contributed by atoms with Crippen molar-refractivity contribution in [3.8, 4) is 0 Å². The lowest BCUT2D eigenvalue weighted by molar-refractivity contribution is -0.518. The van der Waals surface area contributed by atoms with Crippen molar-refractivity contribution in [2.45, 2.75) is 13.0 Å². The number of aromatic nitrogens is 4. The van der Waals surface area contributed by atoms with Crippen LogP contribution in [0.2, 0.25) is 0 Å². The standard InChI is InChI=1S/C5H7N5O4/c1-2-14-5(11)3(10(12)13)4-6-8-9-7-4/h3H,2H2,1H3,(H,6,7,8,9). The number of ether oxygens (including phenoxy) is 1. The van der Waals surface area contributed by atoms with Crippen LogP contribution < -0.4 is 0 Å². The Balaban J connectivity index is 2.85. The highest BCUT2D eigenvalue weighted by Gasteiger charge is 2.37. The van der Waals surface area contributed by atoms with Crippen molar-refractivity contribution < 1.29 is 14.5 Å². The lowest BCUT2D eigenvalue weighted by Gasteiger charge is -2.03. The van der Waals surface area contributed by atoms with Crippen LogP contribution in [-0.4, -0.2) is 38.1 Å². The van der Waals surface area contributed by atoms with Gasteiger partial charge in [-0.2, -0.15) is 5.21 Å². The molecule has 9 nitrogen and oxygen atoms in total. The van der Waals surface area contributed by atoms with Crippen LogP contribution in [0.25, 0.3) is 0 Å². The second-order valence-electron chi connectivity index (χ2n) is 2.21. The van der Waals surface area contributed by atoms with Crippen molar-refractivity contribution in [3.05, 3.63) is 15.9 Å². The van der Waals surface area contributed by atoms with E-state index in [4.69, 9.17) is 0 Å². The first-order valence-electron chi connectivity index (χ1n) is 3.70. The molecule has 0 spiro atoms. The maximum atomic E-state index is 11.1. The molecule has 1 atom stereocenters. The Hall–Kier alpha value is -2.06. The number of carbonyl (C=O) groups excluding carboxylic acids is 1. The fourth-order valence-electron chi connectivity index (χ4n) is 0.792.